The molecule has 4 rings (SSSR count). The predicted octanol–water partition coefficient (Wildman–Crippen LogP) is 3.01. The number of aryl methyl sites for hydroxylation is 1. The van der Waals surface area contributed by atoms with Gasteiger partial charge in [-0.25, -0.2) is 4.79 Å². The van der Waals surface area contributed by atoms with Gasteiger partial charge in [0.05, 0.1) is 5.52 Å². The van der Waals surface area contributed by atoms with E-state index < -0.39 is 5.76 Å². The van der Waals surface area contributed by atoms with Gasteiger partial charge in [-0.3, -0.25) is 9.36 Å². The van der Waals surface area contributed by atoms with E-state index in [1.165, 1.54) is 15.9 Å². The maximum Gasteiger partial charge on any atom is 0.419 e. The van der Waals surface area contributed by atoms with E-state index in [-0.39, 0.29) is 18.9 Å². The molecule has 0 radical (unpaired) electrons. The van der Waals surface area contributed by atoms with Crippen LogP contribution in [0.5, 0.6) is 0 Å². The second-order valence-corrected chi connectivity index (χ2v) is 7.10. The van der Waals surface area contributed by atoms with E-state index >= 15 is 0 Å². The van der Waals surface area contributed by atoms with E-state index in [4.69, 9.17) is 16.0 Å². The summed E-state index contributed by atoms with van der Waals surface area (Å²) in [6.07, 6.45) is 2.42. The first kappa shape index (κ1) is 15.3. The average Bonchev–Trinajstić information content (AvgIpc) is 3.21. The number of aromatic nitrogens is 3. The zero-order valence-electron chi connectivity index (χ0n) is 12.5. The van der Waals surface area contributed by atoms with E-state index in [0.717, 1.165) is 17.8 Å². The van der Waals surface area contributed by atoms with Crippen LogP contribution in [0.2, 0.25) is 5.02 Å². The molecule has 1 aliphatic carbocycles. The number of oxazole rings is 1. The second-order valence-electron chi connectivity index (χ2n) is 5.65. The van der Waals surface area contributed by atoms with Crippen LogP contribution >= 0.6 is 22.9 Å². The summed E-state index contributed by atoms with van der Waals surface area (Å²) >= 11 is 7.29. The van der Waals surface area contributed by atoms with Crippen molar-refractivity contribution in [3.63, 3.8) is 0 Å². The Kier molecular flexibility index (Phi) is 3.85. The fourth-order valence-corrected chi connectivity index (χ4v) is 3.52. The highest BCUT2D eigenvalue weighted by atomic mass is 35.5. The smallest absolute Gasteiger partial charge is 0.408 e. The van der Waals surface area contributed by atoms with Crippen LogP contribution in [-0.2, 0) is 11.3 Å². The quantitative estimate of drug-likeness (QED) is 0.751. The molecule has 24 heavy (non-hydrogen) atoms. The van der Waals surface area contributed by atoms with Crippen molar-refractivity contribution in [3.05, 3.63) is 38.8 Å². The Morgan fingerprint density at radius 1 is 1.42 bits per heavy atom. The average molecular weight is 365 g/mol. The second kappa shape index (κ2) is 6.03. The summed E-state index contributed by atoms with van der Waals surface area (Å²) in [4.78, 5) is 24.0. The molecule has 1 aliphatic rings. The van der Waals surface area contributed by atoms with Crippen molar-refractivity contribution in [2.24, 2.45) is 0 Å². The summed E-state index contributed by atoms with van der Waals surface area (Å²) in [6.45, 7) is 0.216. The van der Waals surface area contributed by atoms with Crippen molar-refractivity contribution in [3.8, 4) is 0 Å². The zero-order valence-corrected chi connectivity index (χ0v) is 14.1. The molecule has 124 valence electrons. The van der Waals surface area contributed by atoms with Crippen LogP contribution in [-0.4, -0.2) is 20.7 Å². The van der Waals surface area contributed by atoms with Crippen LogP contribution < -0.4 is 11.1 Å². The number of nitrogens with one attached hydrogen (secondary N) is 1. The highest BCUT2D eigenvalue weighted by Gasteiger charge is 2.27. The van der Waals surface area contributed by atoms with Gasteiger partial charge in [0.2, 0.25) is 11.0 Å². The van der Waals surface area contributed by atoms with Gasteiger partial charge in [0.15, 0.2) is 5.58 Å². The fraction of sp³-hybridized carbons (Fsp3) is 0.333. The largest absolute Gasteiger partial charge is 0.419 e. The summed E-state index contributed by atoms with van der Waals surface area (Å²) in [7, 11) is 0. The lowest BCUT2D eigenvalue weighted by Crippen LogP contribution is -2.19. The van der Waals surface area contributed by atoms with Gasteiger partial charge in [-0.05, 0) is 25.0 Å². The van der Waals surface area contributed by atoms with Crippen LogP contribution in [0.15, 0.2) is 27.4 Å². The lowest BCUT2D eigenvalue weighted by molar-refractivity contribution is -0.116. The van der Waals surface area contributed by atoms with Crippen molar-refractivity contribution < 1.29 is 9.21 Å². The number of nitrogens with zero attached hydrogens (tertiary/aromatic N) is 3. The maximum atomic E-state index is 12.1. The number of carbonyl (C=O) groups is 1. The topological polar surface area (TPSA) is 90.0 Å². The van der Waals surface area contributed by atoms with Gasteiger partial charge in [-0.2, -0.15) is 0 Å². The maximum absolute atomic E-state index is 12.1. The Morgan fingerprint density at radius 2 is 2.25 bits per heavy atom. The van der Waals surface area contributed by atoms with Gasteiger partial charge in [0.25, 0.3) is 0 Å². The number of amides is 1. The minimum absolute atomic E-state index is 0.134. The van der Waals surface area contributed by atoms with Crippen molar-refractivity contribution in [1.82, 2.24) is 14.8 Å². The van der Waals surface area contributed by atoms with Crippen molar-refractivity contribution in [1.29, 1.82) is 0 Å². The number of hydrogen-bond donors (Lipinski definition) is 1. The van der Waals surface area contributed by atoms with Gasteiger partial charge < -0.3 is 9.73 Å². The number of benzene rings is 1. The molecule has 0 saturated heterocycles. The van der Waals surface area contributed by atoms with E-state index in [1.807, 2.05) is 0 Å². The molecule has 3 aromatic rings. The number of hydrogen-bond acceptors (Lipinski definition) is 6. The third kappa shape index (κ3) is 3.07. The molecule has 0 atom stereocenters. The Morgan fingerprint density at radius 3 is 3.04 bits per heavy atom. The molecule has 1 fully saturated rings. The van der Waals surface area contributed by atoms with Gasteiger partial charge in [-0.15, -0.1) is 10.2 Å². The molecule has 1 aromatic carbocycles. The van der Waals surface area contributed by atoms with Crippen LogP contribution in [0.25, 0.3) is 11.1 Å². The SMILES string of the molecule is O=C(CCn1c(=O)oc2cc(Cl)ccc21)Nc1nnc(C2CC2)s1. The molecule has 0 unspecified atom stereocenters. The first-order chi connectivity index (χ1) is 11.6. The highest BCUT2D eigenvalue weighted by Crippen LogP contribution is 2.42. The lowest BCUT2D eigenvalue weighted by Gasteiger charge is -2.02. The molecule has 1 N–H and O–H groups in total. The van der Waals surface area contributed by atoms with Crippen molar-refractivity contribution in [2.75, 3.05) is 5.32 Å². The molecular weight excluding hydrogens is 352 g/mol. The first-order valence-corrected chi connectivity index (χ1v) is 8.72. The number of fused-ring (bicyclic) bond motifs is 1. The van der Waals surface area contributed by atoms with Crippen LogP contribution in [0.1, 0.15) is 30.2 Å². The molecule has 7 nitrogen and oxygen atoms in total. The third-order valence-corrected chi connectivity index (χ3v) is 5.04. The molecule has 2 aromatic heterocycles. The van der Waals surface area contributed by atoms with E-state index in [1.54, 1.807) is 18.2 Å². The Bertz CT molecular complexity index is 973. The number of halogens is 1. The minimum atomic E-state index is -0.507. The third-order valence-electron chi connectivity index (χ3n) is 3.81. The number of anilines is 1. The zero-order chi connectivity index (χ0) is 16.7. The number of rotatable bonds is 5. The fourth-order valence-electron chi connectivity index (χ4n) is 2.43. The van der Waals surface area contributed by atoms with E-state index in [2.05, 4.69) is 15.5 Å². The summed E-state index contributed by atoms with van der Waals surface area (Å²) in [6, 6.07) is 4.96. The van der Waals surface area contributed by atoms with Gasteiger partial charge >= 0.3 is 5.76 Å². The molecule has 0 aliphatic heterocycles. The lowest BCUT2D eigenvalue weighted by atomic mass is 10.3. The van der Waals surface area contributed by atoms with Crippen molar-refractivity contribution >= 4 is 45.1 Å². The Balaban J connectivity index is 1.43. The standard InChI is InChI=1S/C15H13ClN4O3S/c16-9-3-4-10-11(7-9)23-15(22)20(10)6-5-12(21)17-14-19-18-13(24-14)8-1-2-8/h3-4,7-8H,1-2,5-6H2,(H,17,19,21). The van der Waals surface area contributed by atoms with Crippen LogP contribution in [0, 0.1) is 0 Å². The Hall–Kier alpha value is -2.19. The van der Waals surface area contributed by atoms with E-state index in [9.17, 15) is 9.59 Å². The highest BCUT2D eigenvalue weighted by molar-refractivity contribution is 7.15. The molecule has 1 amide bonds. The first-order valence-electron chi connectivity index (χ1n) is 7.52. The molecule has 0 spiro atoms. The summed E-state index contributed by atoms with van der Waals surface area (Å²) in [5, 5.41) is 12.7. The van der Waals surface area contributed by atoms with Gasteiger partial charge in [0, 0.05) is 30.0 Å². The monoisotopic (exact) mass is 364 g/mol. The molecular formula is C15H13ClN4O3S. The summed E-state index contributed by atoms with van der Waals surface area (Å²) in [5.41, 5.74) is 1.02. The van der Waals surface area contributed by atoms with Crippen LogP contribution in [0.3, 0.4) is 0 Å². The minimum Gasteiger partial charge on any atom is -0.408 e. The number of carbonyl (C=O) groups excluding carboxylic acids is 1. The predicted molar refractivity (Wildman–Crippen MR) is 90.6 cm³/mol. The normalized spacial score (nSPS) is 14.2. The summed E-state index contributed by atoms with van der Waals surface area (Å²) < 4.78 is 6.56. The molecule has 9 heteroatoms. The molecule has 0 bridgehead atoms. The van der Waals surface area contributed by atoms with Gasteiger partial charge in [-0.1, -0.05) is 22.9 Å². The Labute approximate surface area is 145 Å². The molecule has 1 saturated carbocycles. The molecule has 2 heterocycles. The van der Waals surface area contributed by atoms with Crippen molar-refractivity contribution in [2.45, 2.75) is 31.7 Å². The van der Waals surface area contributed by atoms with E-state index in [0.29, 0.717) is 27.2 Å². The van der Waals surface area contributed by atoms with Gasteiger partial charge in [0.1, 0.15) is 5.01 Å². The summed E-state index contributed by atoms with van der Waals surface area (Å²) in [5.74, 6) is -0.216. The van der Waals surface area contributed by atoms with Crippen LogP contribution in [0.4, 0.5) is 5.13 Å².